The predicted octanol–water partition coefficient (Wildman–Crippen LogP) is 2.96. The van der Waals surface area contributed by atoms with Crippen LogP contribution in [0.1, 0.15) is 5.56 Å². The molecule has 0 atom stereocenters. The maximum absolute atomic E-state index is 12.2. The number of ether oxygens (including phenoxy) is 2. The molecule has 0 N–H and O–H groups in total. The van der Waals surface area contributed by atoms with E-state index >= 15 is 0 Å². The Hall–Kier alpha value is -2.09. The number of amides is 2. The Morgan fingerprint density at radius 1 is 1.29 bits per heavy atom. The first kappa shape index (κ1) is 15.3. The second kappa shape index (κ2) is 6.13. The Labute approximate surface area is 123 Å². The molecular formula is C13H11F2NO4S. The van der Waals surface area contributed by atoms with Gasteiger partial charge < -0.3 is 9.47 Å². The van der Waals surface area contributed by atoms with E-state index in [0.29, 0.717) is 5.56 Å². The molecule has 0 spiro atoms. The van der Waals surface area contributed by atoms with Gasteiger partial charge in [0, 0.05) is 7.05 Å². The lowest BCUT2D eigenvalue weighted by Gasteiger charge is -2.10. The van der Waals surface area contributed by atoms with Gasteiger partial charge >= 0.3 is 6.61 Å². The van der Waals surface area contributed by atoms with Gasteiger partial charge in [-0.15, -0.1) is 0 Å². The largest absolute Gasteiger partial charge is 0.493 e. The van der Waals surface area contributed by atoms with Gasteiger partial charge in [0.2, 0.25) is 0 Å². The number of methoxy groups -OCH3 is 1. The highest BCUT2D eigenvalue weighted by atomic mass is 32.2. The number of imide groups is 1. The quantitative estimate of drug-likeness (QED) is 0.800. The minimum Gasteiger partial charge on any atom is -0.493 e. The summed E-state index contributed by atoms with van der Waals surface area (Å²) in [4.78, 5) is 24.4. The molecule has 0 bridgehead atoms. The van der Waals surface area contributed by atoms with Crippen LogP contribution in [-0.2, 0) is 4.79 Å². The van der Waals surface area contributed by atoms with E-state index < -0.39 is 12.5 Å². The van der Waals surface area contributed by atoms with Gasteiger partial charge in [-0.3, -0.25) is 14.5 Å². The zero-order valence-electron chi connectivity index (χ0n) is 11.1. The zero-order chi connectivity index (χ0) is 15.6. The number of thioether (sulfide) groups is 1. The minimum absolute atomic E-state index is 0.103. The van der Waals surface area contributed by atoms with Crippen molar-refractivity contribution in [2.75, 3.05) is 14.2 Å². The lowest BCUT2D eigenvalue weighted by Crippen LogP contribution is -2.22. The predicted molar refractivity (Wildman–Crippen MR) is 73.4 cm³/mol. The summed E-state index contributed by atoms with van der Waals surface area (Å²) >= 11 is 0.811. The average molecular weight is 315 g/mol. The van der Waals surface area contributed by atoms with Gasteiger partial charge in [0.15, 0.2) is 11.5 Å². The van der Waals surface area contributed by atoms with Crippen molar-refractivity contribution in [1.29, 1.82) is 0 Å². The lowest BCUT2D eigenvalue weighted by atomic mass is 10.2. The number of hydrogen-bond donors (Lipinski definition) is 0. The van der Waals surface area contributed by atoms with Crippen LogP contribution in [0.4, 0.5) is 13.6 Å². The molecule has 1 fully saturated rings. The van der Waals surface area contributed by atoms with Crippen molar-refractivity contribution in [3.63, 3.8) is 0 Å². The van der Waals surface area contributed by atoms with E-state index in [0.717, 1.165) is 16.7 Å². The molecule has 1 heterocycles. The van der Waals surface area contributed by atoms with Crippen molar-refractivity contribution < 1.29 is 27.8 Å². The Kier molecular flexibility index (Phi) is 4.46. The molecule has 1 aliphatic heterocycles. The number of carbonyl (C=O) groups is 2. The van der Waals surface area contributed by atoms with E-state index in [9.17, 15) is 18.4 Å². The van der Waals surface area contributed by atoms with Crippen molar-refractivity contribution in [1.82, 2.24) is 4.90 Å². The average Bonchev–Trinajstić information content (AvgIpc) is 2.67. The minimum atomic E-state index is -2.96. The monoisotopic (exact) mass is 315 g/mol. The molecule has 0 radical (unpaired) electrons. The second-order valence-electron chi connectivity index (χ2n) is 4.03. The number of carbonyl (C=O) groups excluding carboxylic acids is 2. The van der Waals surface area contributed by atoms with Crippen molar-refractivity contribution in [2.24, 2.45) is 0 Å². The fourth-order valence-corrected chi connectivity index (χ4v) is 2.49. The highest BCUT2D eigenvalue weighted by molar-refractivity contribution is 8.18. The Bertz CT molecular complexity index is 618. The SMILES string of the molecule is COc1cc(/C=C2\SC(=O)N(C)C2=O)ccc1OC(F)F. The highest BCUT2D eigenvalue weighted by Gasteiger charge is 2.31. The van der Waals surface area contributed by atoms with Crippen molar-refractivity contribution in [3.05, 3.63) is 28.7 Å². The molecule has 8 heteroatoms. The van der Waals surface area contributed by atoms with Crippen LogP contribution in [0, 0.1) is 0 Å². The van der Waals surface area contributed by atoms with Crippen LogP contribution in [0.25, 0.3) is 6.08 Å². The Morgan fingerprint density at radius 2 is 2.00 bits per heavy atom. The van der Waals surface area contributed by atoms with Gasteiger partial charge in [-0.1, -0.05) is 6.07 Å². The Morgan fingerprint density at radius 3 is 2.52 bits per heavy atom. The van der Waals surface area contributed by atoms with E-state index in [1.165, 1.54) is 38.4 Å². The van der Waals surface area contributed by atoms with Crippen LogP contribution >= 0.6 is 11.8 Å². The van der Waals surface area contributed by atoms with Gasteiger partial charge in [0.05, 0.1) is 12.0 Å². The number of alkyl halides is 2. The first-order valence-electron chi connectivity index (χ1n) is 5.76. The third-order valence-corrected chi connectivity index (χ3v) is 3.65. The molecule has 1 aromatic carbocycles. The summed E-state index contributed by atoms with van der Waals surface area (Å²) in [6.45, 7) is -2.96. The fourth-order valence-electron chi connectivity index (χ4n) is 1.66. The van der Waals surface area contributed by atoms with E-state index in [1.807, 2.05) is 0 Å². The standard InChI is InChI=1S/C13H11F2NO4S/c1-16-11(17)10(21-13(16)18)6-7-3-4-8(20-12(14)15)9(5-7)19-2/h3-6,12H,1-2H3/b10-6-. The molecule has 2 rings (SSSR count). The summed E-state index contributed by atoms with van der Waals surface area (Å²) < 4.78 is 33.7. The van der Waals surface area contributed by atoms with Gasteiger partial charge in [0.1, 0.15) is 0 Å². The highest BCUT2D eigenvalue weighted by Crippen LogP contribution is 2.34. The molecule has 1 aromatic rings. The smallest absolute Gasteiger partial charge is 0.387 e. The summed E-state index contributed by atoms with van der Waals surface area (Å²) in [6, 6.07) is 4.25. The number of likely N-dealkylation sites (N-methyl/N-ethyl adjacent to an activating group) is 1. The molecular weight excluding hydrogens is 304 g/mol. The molecule has 21 heavy (non-hydrogen) atoms. The van der Waals surface area contributed by atoms with Crippen LogP contribution in [0.5, 0.6) is 11.5 Å². The molecule has 5 nitrogen and oxygen atoms in total. The number of hydrogen-bond acceptors (Lipinski definition) is 5. The molecule has 1 aliphatic rings. The van der Waals surface area contributed by atoms with Crippen LogP contribution in [0.2, 0.25) is 0 Å². The molecule has 0 aliphatic carbocycles. The molecule has 112 valence electrons. The lowest BCUT2D eigenvalue weighted by molar-refractivity contribution is -0.121. The number of benzene rings is 1. The fraction of sp³-hybridized carbons (Fsp3) is 0.231. The van der Waals surface area contributed by atoms with Gasteiger partial charge in [-0.25, -0.2) is 0 Å². The molecule has 0 saturated carbocycles. The van der Waals surface area contributed by atoms with E-state index in [2.05, 4.69) is 4.74 Å². The summed E-state index contributed by atoms with van der Waals surface area (Å²) in [7, 11) is 2.70. The first-order valence-corrected chi connectivity index (χ1v) is 6.58. The number of rotatable bonds is 4. The van der Waals surface area contributed by atoms with Crippen molar-refractivity contribution >= 4 is 29.0 Å². The maximum atomic E-state index is 12.2. The zero-order valence-corrected chi connectivity index (χ0v) is 11.9. The van der Waals surface area contributed by atoms with Crippen LogP contribution in [0.15, 0.2) is 23.1 Å². The summed E-state index contributed by atoms with van der Waals surface area (Å²) in [5.41, 5.74) is 0.535. The topological polar surface area (TPSA) is 55.8 Å². The van der Waals surface area contributed by atoms with Crippen LogP contribution < -0.4 is 9.47 Å². The summed E-state index contributed by atoms with van der Waals surface area (Å²) in [6.07, 6.45) is 1.49. The van der Waals surface area contributed by atoms with Crippen molar-refractivity contribution in [3.8, 4) is 11.5 Å². The number of nitrogens with zero attached hydrogens (tertiary/aromatic N) is 1. The van der Waals surface area contributed by atoms with E-state index in [-0.39, 0.29) is 21.6 Å². The van der Waals surface area contributed by atoms with Gasteiger partial charge in [-0.2, -0.15) is 8.78 Å². The third-order valence-electron chi connectivity index (χ3n) is 2.69. The molecule has 2 amide bonds. The first-order chi connectivity index (χ1) is 9.92. The molecule has 0 aromatic heterocycles. The van der Waals surface area contributed by atoms with Gasteiger partial charge in [-0.05, 0) is 35.5 Å². The van der Waals surface area contributed by atoms with E-state index in [1.54, 1.807) is 0 Å². The molecule has 1 saturated heterocycles. The normalized spacial score (nSPS) is 17.0. The second-order valence-corrected chi connectivity index (χ2v) is 5.02. The van der Waals surface area contributed by atoms with Crippen molar-refractivity contribution in [2.45, 2.75) is 6.61 Å². The van der Waals surface area contributed by atoms with Gasteiger partial charge in [0.25, 0.3) is 11.1 Å². The third kappa shape index (κ3) is 3.33. The van der Waals surface area contributed by atoms with E-state index in [4.69, 9.17) is 4.74 Å². The van der Waals surface area contributed by atoms with Crippen LogP contribution in [-0.4, -0.2) is 36.8 Å². The summed E-state index contributed by atoms with van der Waals surface area (Å²) in [5.74, 6) is -0.398. The number of halogens is 2. The molecule has 0 unspecified atom stereocenters. The summed E-state index contributed by atoms with van der Waals surface area (Å²) in [5, 5.41) is -0.365. The Balaban J connectivity index is 2.30. The maximum Gasteiger partial charge on any atom is 0.387 e. The van der Waals surface area contributed by atoms with Crippen LogP contribution in [0.3, 0.4) is 0 Å².